The van der Waals surface area contributed by atoms with Crippen LogP contribution in [-0.4, -0.2) is 24.9 Å². The Morgan fingerprint density at radius 1 is 0.941 bits per heavy atom. The molecular formula is C25H22Cl2N4O3. The number of aromatic nitrogens is 3. The van der Waals surface area contributed by atoms with Gasteiger partial charge in [0.05, 0.1) is 33.2 Å². The minimum absolute atomic E-state index is 0.206. The van der Waals surface area contributed by atoms with Gasteiger partial charge in [0.1, 0.15) is 6.54 Å². The van der Waals surface area contributed by atoms with Crippen LogP contribution in [0.25, 0.3) is 10.9 Å². The average Bonchev–Trinajstić information content (AvgIpc) is 2.84. The Bertz CT molecular complexity index is 1460. The predicted molar refractivity (Wildman–Crippen MR) is 133 cm³/mol. The lowest BCUT2D eigenvalue weighted by atomic mass is 10.2. The van der Waals surface area contributed by atoms with Crippen molar-refractivity contribution in [3.05, 3.63) is 109 Å². The molecule has 0 bridgehead atoms. The van der Waals surface area contributed by atoms with Crippen molar-refractivity contribution >= 4 is 40.0 Å². The number of hydrogen-bond donors (Lipinski definition) is 0. The van der Waals surface area contributed by atoms with Crippen molar-refractivity contribution in [3.8, 4) is 0 Å². The molecule has 0 unspecified atom stereocenters. The molecule has 0 saturated heterocycles. The molecule has 0 saturated carbocycles. The van der Waals surface area contributed by atoms with Crippen molar-refractivity contribution in [2.75, 3.05) is 0 Å². The van der Waals surface area contributed by atoms with Crippen molar-refractivity contribution in [3.63, 3.8) is 0 Å². The van der Waals surface area contributed by atoms with E-state index in [0.29, 0.717) is 26.6 Å². The van der Waals surface area contributed by atoms with Crippen LogP contribution < -0.4 is 11.2 Å². The minimum Gasteiger partial charge on any atom is -0.331 e. The highest BCUT2D eigenvalue weighted by atomic mass is 35.5. The molecule has 0 atom stereocenters. The van der Waals surface area contributed by atoms with E-state index in [1.165, 1.54) is 4.57 Å². The number of nitrogens with zero attached hydrogens (tertiary/aromatic N) is 4. The molecule has 0 aliphatic heterocycles. The van der Waals surface area contributed by atoms with Crippen LogP contribution in [0, 0.1) is 0 Å². The van der Waals surface area contributed by atoms with Gasteiger partial charge in [-0.25, -0.2) is 4.79 Å². The number of halogens is 2. The Morgan fingerprint density at radius 3 is 2.41 bits per heavy atom. The van der Waals surface area contributed by atoms with Crippen LogP contribution in [0.2, 0.25) is 10.0 Å². The molecule has 174 valence electrons. The summed E-state index contributed by atoms with van der Waals surface area (Å²) in [6, 6.07) is 17.5. The Balaban J connectivity index is 1.73. The summed E-state index contributed by atoms with van der Waals surface area (Å²) in [5.74, 6) is -0.301. The number of benzene rings is 2. The number of amides is 1. The fourth-order valence-electron chi connectivity index (χ4n) is 3.82. The van der Waals surface area contributed by atoms with Gasteiger partial charge in [-0.05, 0) is 48.9 Å². The topological polar surface area (TPSA) is 77.2 Å². The average molecular weight is 497 g/mol. The van der Waals surface area contributed by atoms with Gasteiger partial charge in [-0.3, -0.25) is 23.7 Å². The Morgan fingerprint density at radius 2 is 1.71 bits per heavy atom. The van der Waals surface area contributed by atoms with E-state index in [-0.39, 0.29) is 37.6 Å². The lowest BCUT2D eigenvalue weighted by Crippen LogP contribution is -2.43. The molecule has 0 aliphatic rings. The largest absolute Gasteiger partial charge is 0.331 e. The first-order valence-corrected chi connectivity index (χ1v) is 11.5. The number of carbonyl (C=O) groups is 1. The summed E-state index contributed by atoms with van der Waals surface area (Å²) in [7, 11) is 0. The molecule has 0 spiro atoms. The highest BCUT2D eigenvalue weighted by Gasteiger charge is 2.20. The van der Waals surface area contributed by atoms with Crippen molar-refractivity contribution in [2.45, 2.75) is 33.1 Å². The molecule has 7 nitrogen and oxygen atoms in total. The van der Waals surface area contributed by atoms with E-state index in [2.05, 4.69) is 4.98 Å². The molecule has 9 heteroatoms. The molecular weight excluding hydrogens is 475 g/mol. The van der Waals surface area contributed by atoms with Crippen LogP contribution in [-0.2, 0) is 31.0 Å². The van der Waals surface area contributed by atoms with Gasteiger partial charge in [0.15, 0.2) is 0 Å². The molecule has 2 aromatic carbocycles. The molecule has 0 N–H and O–H groups in total. The summed E-state index contributed by atoms with van der Waals surface area (Å²) in [6.45, 7) is 2.18. The van der Waals surface area contributed by atoms with Crippen molar-refractivity contribution in [1.29, 1.82) is 0 Å². The molecule has 0 radical (unpaired) electrons. The molecule has 0 aliphatic carbocycles. The van der Waals surface area contributed by atoms with Crippen LogP contribution in [0.15, 0.2) is 76.4 Å². The zero-order chi connectivity index (χ0) is 24.2. The Labute approximate surface area is 205 Å². The number of hydrogen-bond acceptors (Lipinski definition) is 4. The SMILES string of the molecule is CCn1c(=O)c2ccccc2n(CC(=O)N(Cc2ccc(Cl)c(Cl)c2)Cc2ccccn2)c1=O. The predicted octanol–water partition coefficient (Wildman–Crippen LogP) is 4.11. The zero-order valence-electron chi connectivity index (χ0n) is 18.4. The summed E-state index contributed by atoms with van der Waals surface area (Å²) >= 11 is 12.2. The lowest BCUT2D eigenvalue weighted by Gasteiger charge is -2.24. The minimum atomic E-state index is -0.521. The van der Waals surface area contributed by atoms with Crippen LogP contribution in [0.3, 0.4) is 0 Å². The first-order chi connectivity index (χ1) is 16.4. The molecule has 4 rings (SSSR count). The summed E-state index contributed by atoms with van der Waals surface area (Å²) in [4.78, 5) is 45.3. The third kappa shape index (κ3) is 4.90. The summed E-state index contributed by atoms with van der Waals surface area (Å²) in [5, 5.41) is 1.20. The van der Waals surface area contributed by atoms with E-state index in [0.717, 1.165) is 10.1 Å². The first-order valence-electron chi connectivity index (χ1n) is 10.7. The van der Waals surface area contributed by atoms with Crippen LogP contribution >= 0.6 is 23.2 Å². The van der Waals surface area contributed by atoms with Crippen LogP contribution in [0.4, 0.5) is 0 Å². The lowest BCUT2D eigenvalue weighted by molar-refractivity contribution is -0.133. The van der Waals surface area contributed by atoms with Gasteiger partial charge in [-0.2, -0.15) is 0 Å². The fraction of sp³-hybridized carbons (Fsp3) is 0.200. The first kappa shape index (κ1) is 23.7. The number of rotatable bonds is 7. The highest BCUT2D eigenvalue weighted by molar-refractivity contribution is 6.42. The van der Waals surface area contributed by atoms with E-state index in [1.807, 2.05) is 12.1 Å². The van der Waals surface area contributed by atoms with Gasteiger partial charge >= 0.3 is 5.69 Å². The van der Waals surface area contributed by atoms with Gasteiger partial charge in [0.2, 0.25) is 5.91 Å². The van der Waals surface area contributed by atoms with Crippen molar-refractivity contribution in [1.82, 2.24) is 19.0 Å². The second-order valence-electron chi connectivity index (χ2n) is 7.75. The molecule has 0 fully saturated rings. The van der Waals surface area contributed by atoms with Crippen LogP contribution in [0.5, 0.6) is 0 Å². The number of carbonyl (C=O) groups excluding carboxylic acids is 1. The number of pyridine rings is 1. The second-order valence-corrected chi connectivity index (χ2v) is 8.57. The van der Waals surface area contributed by atoms with Crippen molar-refractivity contribution < 1.29 is 4.79 Å². The van der Waals surface area contributed by atoms with Crippen molar-refractivity contribution in [2.24, 2.45) is 0 Å². The summed E-state index contributed by atoms with van der Waals surface area (Å²) < 4.78 is 2.49. The Hall–Kier alpha value is -3.42. The standard InChI is InChI=1S/C25H22Cl2N4O3/c1-2-30-24(33)19-8-3-4-9-22(19)31(25(30)34)16-23(32)29(15-18-7-5-6-12-28-18)14-17-10-11-20(26)21(27)13-17/h3-13H,2,14-16H2,1H3. The smallest absolute Gasteiger partial charge is 0.331 e. The van der Waals surface area contributed by atoms with Gasteiger partial charge in [-0.15, -0.1) is 0 Å². The fourth-order valence-corrected chi connectivity index (χ4v) is 4.14. The molecule has 34 heavy (non-hydrogen) atoms. The van der Waals surface area contributed by atoms with Crippen LogP contribution in [0.1, 0.15) is 18.2 Å². The van der Waals surface area contributed by atoms with E-state index >= 15 is 0 Å². The quantitative estimate of drug-likeness (QED) is 0.385. The zero-order valence-corrected chi connectivity index (χ0v) is 20.0. The monoisotopic (exact) mass is 496 g/mol. The van der Waals surface area contributed by atoms with E-state index < -0.39 is 5.69 Å². The summed E-state index contributed by atoms with van der Waals surface area (Å²) in [6.07, 6.45) is 1.66. The van der Waals surface area contributed by atoms with E-state index in [4.69, 9.17) is 23.2 Å². The highest BCUT2D eigenvalue weighted by Crippen LogP contribution is 2.23. The van der Waals surface area contributed by atoms with E-state index in [1.54, 1.807) is 66.6 Å². The third-order valence-electron chi connectivity index (χ3n) is 5.53. The van der Waals surface area contributed by atoms with Gasteiger partial charge in [0.25, 0.3) is 5.56 Å². The maximum Gasteiger partial charge on any atom is 0.331 e. The molecule has 1 amide bonds. The molecule has 4 aromatic rings. The molecule has 2 aromatic heterocycles. The van der Waals surface area contributed by atoms with E-state index in [9.17, 15) is 14.4 Å². The summed E-state index contributed by atoms with van der Waals surface area (Å²) in [5.41, 5.74) is 1.02. The number of para-hydroxylation sites is 1. The number of fused-ring (bicyclic) bond motifs is 1. The van der Waals surface area contributed by atoms with Gasteiger partial charge in [0, 0.05) is 19.3 Å². The Kier molecular flexibility index (Phi) is 7.14. The maximum absolute atomic E-state index is 13.5. The normalized spacial score (nSPS) is 11.0. The molecule has 2 heterocycles. The van der Waals surface area contributed by atoms with Gasteiger partial charge in [-0.1, -0.05) is 47.5 Å². The third-order valence-corrected chi connectivity index (χ3v) is 6.27. The second kappa shape index (κ2) is 10.2. The van der Waals surface area contributed by atoms with Gasteiger partial charge < -0.3 is 4.90 Å². The maximum atomic E-state index is 13.5.